The second-order valence-corrected chi connectivity index (χ2v) is 6.33. The zero-order chi connectivity index (χ0) is 10.1. The van der Waals surface area contributed by atoms with Crippen LogP contribution in [-0.2, 0) is 9.47 Å². The third-order valence-electron chi connectivity index (χ3n) is 2.44. The van der Waals surface area contributed by atoms with Crippen molar-refractivity contribution in [1.29, 1.82) is 0 Å². The Morgan fingerprint density at radius 1 is 1.08 bits per heavy atom. The molecule has 0 rings (SSSR count). The molecular formula is C10H23InO2. The summed E-state index contributed by atoms with van der Waals surface area (Å²) >= 11 is 0.839. The summed E-state index contributed by atoms with van der Waals surface area (Å²) in [6, 6.07) is 0. The molecule has 0 fully saturated rings. The fourth-order valence-electron chi connectivity index (χ4n) is 1.60. The molecule has 0 aliphatic rings. The van der Waals surface area contributed by atoms with Gasteiger partial charge in [0.05, 0.1) is 0 Å². The Bertz CT molecular complexity index is 109. The fourth-order valence-corrected chi connectivity index (χ4v) is 2.77. The molecule has 0 radical (unpaired) electrons. The van der Waals surface area contributed by atoms with Crippen molar-refractivity contribution in [1.82, 2.24) is 0 Å². The molecule has 0 aromatic heterocycles. The molecule has 0 saturated heterocycles. The normalized spacial score (nSPS) is 15.6. The van der Waals surface area contributed by atoms with E-state index >= 15 is 0 Å². The van der Waals surface area contributed by atoms with Gasteiger partial charge in [0.2, 0.25) is 0 Å². The predicted molar refractivity (Wildman–Crippen MR) is 59.1 cm³/mol. The SMILES string of the molecule is CCCC(OC)C(CC[CH2][InH2])OC. The molecular weight excluding hydrogens is 267 g/mol. The van der Waals surface area contributed by atoms with Crippen molar-refractivity contribution < 1.29 is 9.47 Å². The molecule has 0 N–H and O–H groups in total. The first-order valence-corrected chi connectivity index (χ1v) is 9.39. The van der Waals surface area contributed by atoms with E-state index in [9.17, 15) is 0 Å². The number of hydrogen-bond donors (Lipinski definition) is 0. The summed E-state index contributed by atoms with van der Waals surface area (Å²) in [7, 11) is 3.59. The van der Waals surface area contributed by atoms with E-state index in [0.717, 1.165) is 30.8 Å². The molecule has 0 aliphatic carbocycles. The van der Waals surface area contributed by atoms with Crippen LogP contribution in [0.25, 0.3) is 0 Å². The number of ether oxygens (including phenoxy) is 2. The Hall–Kier alpha value is 0.790. The van der Waals surface area contributed by atoms with Gasteiger partial charge in [0.1, 0.15) is 0 Å². The standard InChI is InChI=1S/C10H21O2.In.2H/c1-5-7-9(11-3)10(12-4)8-6-2;;;/h9-10H,1,5-8H2,2-4H3;;;. The Kier molecular flexibility index (Phi) is 9.92. The summed E-state index contributed by atoms with van der Waals surface area (Å²) in [5.41, 5.74) is 0. The summed E-state index contributed by atoms with van der Waals surface area (Å²) in [4.78, 5) is 0. The average molecular weight is 290 g/mol. The van der Waals surface area contributed by atoms with E-state index in [4.69, 9.17) is 9.47 Å². The van der Waals surface area contributed by atoms with Crippen LogP contribution >= 0.6 is 0 Å². The zero-order valence-corrected chi connectivity index (χ0v) is 15.2. The molecule has 0 amide bonds. The van der Waals surface area contributed by atoms with Crippen LogP contribution in [0.5, 0.6) is 0 Å². The van der Waals surface area contributed by atoms with Crippen molar-refractivity contribution in [2.45, 2.75) is 49.0 Å². The van der Waals surface area contributed by atoms with Crippen molar-refractivity contribution in [2.75, 3.05) is 14.2 Å². The van der Waals surface area contributed by atoms with Crippen LogP contribution in [0.1, 0.15) is 32.6 Å². The van der Waals surface area contributed by atoms with Gasteiger partial charge in [-0.15, -0.1) is 0 Å². The van der Waals surface area contributed by atoms with Crippen LogP contribution in [0.2, 0.25) is 4.18 Å². The van der Waals surface area contributed by atoms with Gasteiger partial charge in [0.15, 0.2) is 0 Å². The molecule has 0 bridgehead atoms. The first-order chi connectivity index (χ1) is 6.29. The van der Waals surface area contributed by atoms with Crippen molar-refractivity contribution in [3.05, 3.63) is 0 Å². The van der Waals surface area contributed by atoms with Gasteiger partial charge >= 0.3 is 97.1 Å². The second-order valence-electron chi connectivity index (χ2n) is 3.48. The number of methoxy groups -OCH3 is 2. The Morgan fingerprint density at radius 2 is 1.62 bits per heavy atom. The molecule has 78 valence electrons. The molecule has 0 heterocycles. The van der Waals surface area contributed by atoms with Gasteiger partial charge in [-0.05, 0) is 0 Å². The van der Waals surface area contributed by atoms with Gasteiger partial charge < -0.3 is 0 Å². The maximum atomic E-state index is 5.46. The zero-order valence-electron chi connectivity index (χ0n) is 9.51. The third-order valence-corrected chi connectivity index (χ3v) is 4.45. The second kappa shape index (κ2) is 9.35. The molecule has 0 saturated carbocycles. The van der Waals surface area contributed by atoms with Gasteiger partial charge in [-0.2, -0.15) is 0 Å². The van der Waals surface area contributed by atoms with Crippen molar-refractivity contribution in [3.8, 4) is 0 Å². The minimum absolute atomic E-state index is 0.303. The van der Waals surface area contributed by atoms with Crippen LogP contribution < -0.4 is 0 Å². The van der Waals surface area contributed by atoms with Crippen LogP contribution in [0.15, 0.2) is 0 Å². The van der Waals surface area contributed by atoms with E-state index in [-0.39, 0.29) is 0 Å². The van der Waals surface area contributed by atoms with E-state index in [1.54, 1.807) is 14.2 Å². The van der Waals surface area contributed by atoms with Gasteiger partial charge in [0, 0.05) is 0 Å². The Balaban J connectivity index is 3.84. The molecule has 13 heavy (non-hydrogen) atoms. The van der Waals surface area contributed by atoms with Crippen LogP contribution in [-0.4, -0.2) is 50.8 Å². The molecule has 2 nitrogen and oxygen atoms in total. The Labute approximate surface area is 96.9 Å². The quantitative estimate of drug-likeness (QED) is 0.677. The van der Waals surface area contributed by atoms with E-state index in [1.807, 2.05) is 0 Å². The molecule has 0 spiro atoms. The van der Waals surface area contributed by atoms with Crippen molar-refractivity contribution in [2.24, 2.45) is 0 Å². The summed E-state index contributed by atoms with van der Waals surface area (Å²) in [6.07, 6.45) is 5.39. The maximum absolute atomic E-state index is 5.46. The van der Waals surface area contributed by atoms with Gasteiger partial charge in [0.25, 0.3) is 0 Å². The molecule has 3 heteroatoms. The predicted octanol–water partition coefficient (Wildman–Crippen LogP) is 1.65. The van der Waals surface area contributed by atoms with Crippen molar-refractivity contribution >= 4 is 24.4 Å². The summed E-state index contributed by atoms with van der Waals surface area (Å²) < 4.78 is 12.3. The average Bonchev–Trinajstić information content (AvgIpc) is 2.17. The number of hydrogen-bond acceptors (Lipinski definition) is 2. The van der Waals surface area contributed by atoms with Gasteiger partial charge in [-0.3, -0.25) is 0 Å². The van der Waals surface area contributed by atoms with E-state index in [2.05, 4.69) is 6.92 Å². The first kappa shape index (κ1) is 13.8. The third kappa shape index (κ3) is 5.97. The van der Waals surface area contributed by atoms with Gasteiger partial charge in [-0.1, -0.05) is 0 Å². The van der Waals surface area contributed by atoms with Gasteiger partial charge in [-0.25, -0.2) is 0 Å². The van der Waals surface area contributed by atoms with Crippen LogP contribution in [0, 0.1) is 0 Å². The van der Waals surface area contributed by atoms with E-state index in [1.165, 1.54) is 23.4 Å². The summed E-state index contributed by atoms with van der Waals surface area (Å²) in [5, 5.41) is 0. The molecule has 2 unspecified atom stereocenters. The minimum atomic E-state index is 0.303. The first-order valence-electron chi connectivity index (χ1n) is 5.35. The topological polar surface area (TPSA) is 18.5 Å². The van der Waals surface area contributed by atoms with E-state index in [0.29, 0.717) is 12.2 Å². The molecule has 0 aromatic rings. The fraction of sp³-hybridized carbons (Fsp3) is 1.00. The number of rotatable bonds is 8. The summed E-state index contributed by atoms with van der Waals surface area (Å²) in [5.74, 6) is 0. The van der Waals surface area contributed by atoms with Crippen molar-refractivity contribution in [3.63, 3.8) is 0 Å². The Morgan fingerprint density at radius 3 is 2.00 bits per heavy atom. The molecule has 0 aromatic carbocycles. The monoisotopic (exact) mass is 290 g/mol. The molecule has 0 aliphatic heterocycles. The summed E-state index contributed by atoms with van der Waals surface area (Å²) in [6.45, 7) is 2.19. The molecule has 2 atom stereocenters. The van der Waals surface area contributed by atoms with Crippen LogP contribution in [0.3, 0.4) is 0 Å². The van der Waals surface area contributed by atoms with E-state index < -0.39 is 0 Å². The van der Waals surface area contributed by atoms with Crippen LogP contribution in [0.4, 0.5) is 0 Å².